The van der Waals surface area contributed by atoms with E-state index < -0.39 is 20.3 Å². The van der Waals surface area contributed by atoms with Crippen molar-refractivity contribution in [1.29, 1.82) is 0 Å². The van der Waals surface area contributed by atoms with Gasteiger partial charge in [-0.05, 0) is 25.1 Å². The highest BCUT2D eigenvalue weighted by Gasteiger charge is 2.37. The normalized spacial score (nSPS) is 12.3. The zero-order valence-electron chi connectivity index (χ0n) is 14.6. The Morgan fingerprint density at radius 1 is 0.955 bits per heavy atom. The number of unbranched alkanes of at least 4 members (excludes halogenated alkanes) is 3. The van der Waals surface area contributed by atoms with Gasteiger partial charge in [0.25, 0.3) is 8.32 Å². The fraction of sp³-hybridized carbons (Fsp3) is 0.765. The molecule has 0 aliphatic rings. The summed E-state index contributed by atoms with van der Waals surface area (Å²) in [5.41, 5.74) is 0.189. The van der Waals surface area contributed by atoms with E-state index in [1.807, 2.05) is 0 Å². The van der Waals surface area contributed by atoms with E-state index in [9.17, 15) is 9.59 Å². The summed E-state index contributed by atoms with van der Waals surface area (Å²) in [6, 6.07) is 2.99. The van der Waals surface area contributed by atoms with Crippen molar-refractivity contribution in [2.75, 3.05) is 0 Å². The molecule has 0 rings (SSSR count). The van der Waals surface area contributed by atoms with Gasteiger partial charge in [0.2, 0.25) is 0 Å². The SMILES string of the molecule is CCCC[Si](CCCC)(CCCC)OC(=O)/C(C)=C\C(=O)O. The average Bonchev–Trinajstić information content (AvgIpc) is 2.47. The number of aliphatic carboxylic acids is 1. The topological polar surface area (TPSA) is 63.6 Å². The van der Waals surface area contributed by atoms with Gasteiger partial charge in [-0.15, -0.1) is 0 Å². The minimum atomic E-state index is -2.12. The van der Waals surface area contributed by atoms with Crippen LogP contribution in [0.3, 0.4) is 0 Å². The van der Waals surface area contributed by atoms with Crippen LogP contribution in [0, 0.1) is 0 Å². The van der Waals surface area contributed by atoms with E-state index in [0.29, 0.717) is 0 Å². The summed E-state index contributed by atoms with van der Waals surface area (Å²) in [6.45, 7) is 7.97. The summed E-state index contributed by atoms with van der Waals surface area (Å²) < 4.78 is 5.98. The van der Waals surface area contributed by atoms with E-state index in [0.717, 1.165) is 62.7 Å². The van der Waals surface area contributed by atoms with Gasteiger partial charge in [-0.25, -0.2) is 9.59 Å². The zero-order chi connectivity index (χ0) is 17.0. The van der Waals surface area contributed by atoms with Gasteiger partial charge in [0.15, 0.2) is 0 Å². The van der Waals surface area contributed by atoms with Gasteiger partial charge >= 0.3 is 11.9 Å². The number of carboxylic acid groups (broad SMARTS) is 1. The highest BCUT2D eigenvalue weighted by Crippen LogP contribution is 2.30. The summed E-state index contributed by atoms with van der Waals surface area (Å²) in [4.78, 5) is 23.0. The highest BCUT2D eigenvalue weighted by atomic mass is 28.4. The molecule has 0 spiro atoms. The van der Waals surface area contributed by atoms with E-state index in [4.69, 9.17) is 9.53 Å². The van der Waals surface area contributed by atoms with Crippen molar-refractivity contribution in [3.8, 4) is 0 Å². The van der Waals surface area contributed by atoms with Gasteiger partial charge in [-0.3, -0.25) is 0 Å². The van der Waals surface area contributed by atoms with Crippen LogP contribution >= 0.6 is 0 Å². The molecule has 0 amide bonds. The lowest BCUT2D eigenvalue weighted by atomic mass is 10.3. The predicted octanol–water partition coefficient (Wildman–Crippen LogP) is 4.91. The molecule has 5 heteroatoms. The summed E-state index contributed by atoms with van der Waals surface area (Å²) in [6.07, 6.45) is 7.45. The smallest absolute Gasteiger partial charge is 0.328 e. The summed E-state index contributed by atoms with van der Waals surface area (Å²) >= 11 is 0. The van der Waals surface area contributed by atoms with Crippen LogP contribution in [0.25, 0.3) is 0 Å². The lowest BCUT2D eigenvalue weighted by Crippen LogP contribution is -2.40. The van der Waals surface area contributed by atoms with Crippen molar-refractivity contribution in [2.24, 2.45) is 0 Å². The molecule has 0 aromatic heterocycles. The first-order valence-corrected chi connectivity index (χ1v) is 11.1. The van der Waals surface area contributed by atoms with Gasteiger partial charge in [-0.2, -0.15) is 0 Å². The molecule has 0 fully saturated rings. The standard InChI is InChI=1S/C17H32O4Si/c1-5-8-11-22(12-9-6-2,13-10-7-3)21-17(20)15(4)14-16(18)19/h14H,5-13H2,1-4H3,(H,18,19)/b15-14-. The first kappa shape index (κ1) is 20.9. The molecule has 0 aliphatic carbocycles. The first-order chi connectivity index (χ1) is 10.4. The molecular weight excluding hydrogens is 296 g/mol. The third-order valence-corrected chi connectivity index (χ3v) is 8.34. The number of carboxylic acids is 1. The van der Waals surface area contributed by atoms with E-state index in [1.54, 1.807) is 0 Å². The number of carbonyl (C=O) groups is 2. The molecule has 0 aliphatic heterocycles. The van der Waals surface area contributed by atoms with Gasteiger partial charge < -0.3 is 9.53 Å². The van der Waals surface area contributed by atoms with Crippen LogP contribution in [0.1, 0.15) is 66.2 Å². The zero-order valence-corrected chi connectivity index (χ0v) is 15.6. The Labute approximate surface area is 136 Å². The third kappa shape index (κ3) is 8.37. The maximum absolute atomic E-state index is 12.3. The molecule has 0 saturated carbocycles. The maximum atomic E-state index is 12.3. The Bertz CT molecular complexity index is 355. The lowest BCUT2D eigenvalue weighted by molar-refractivity contribution is -0.134. The van der Waals surface area contributed by atoms with Crippen LogP contribution in [0.4, 0.5) is 0 Å². The monoisotopic (exact) mass is 328 g/mol. The molecule has 0 aromatic carbocycles. The van der Waals surface area contributed by atoms with Crippen LogP contribution in [0.15, 0.2) is 11.6 Å². The minimum Gasteiger partial charge on any atom is -0.516 e. The summed E-state index contributed by atoms with van der Waals surface area (Å²) in [5, 5.41) is 8.78. The maximum Gasteiger partial charge on any atom is 0.328 e. The number of hydrogen-bond acceptors (Lipinski definition) is 3. The molecular formula is C17H32O4Si. The van der Waals surface area contributed by atoms with Gasteiger partial charge in [0.05, 0.1) is 0 Å². The molecule has 0 heterocycles. The van der Waals surface area contributed by atoms with Crippen molar-refractivity contribution in [3.63, 3.8) is 0 Å². The lowest BCUT2D eigenvalue weighted by Gasteiger charge is -2.31. The van der Waals surface area contributed by atoms with Crippen LogP contribution in [0.5, 0.6) is 0 Å². The molecule has 0 saturated heterocycles. The van der Waals surface area contributed by atoms with Crippen LogP contribution < -0.4 is 0 Å². The first-order valence-electron chi connectivity index (χ1n) is 8.55. The quantitative estimate of drug-likeness (QED) is 0.408. The van der Waals surface area contributed by atoms with E-state index in [1.165, 1.54) is 6.92 Å². The predicted molar refractivity (Wildman–Crippen MR) is 92.4 cm³/mol. The summed E-state index contributed by atoms with van der Waals surface area (Å²) in [7, 11) is -2.12. The second-order valence-electron chi connectivity index (χ2n) is 6.05. The fourth-order valence-electron chi connectivity index (χ4n) is 2.55. The van der Waals surface area contributed by atoms with Gasteiger partial charge in [-0.1, -0.05) is 59.3 Å². The molecule has 0 atom stereocenters. The molecule has 0 bridgehead atoms. The molecule has 0 unspecified atom stereocenters. The van der Waals surface area contributed by atoms with Crippen LogP contribution in [-0.4, -0.2) is 25.4 Å². The molecule has 0 aromatic rings. The largest absolute Gasteiger partial charge is 0.516 e. The van der Waals surface area contributed by atoms with Crippen molar-refractivity contribution < 1.29 is 19.1 Å². The van der Waals surface area contributed by atoms with Crippen molar-refractivity contribution in [1.82, 2.24) is 0 Å². The Morgan fingerprint density at radius 3 is 1.68 bits per heavy atom. The number of rotatable bonds is 12. The van der Waals surface area contributed by atoms with Crippen LogP contribution in [-0.2, 0) is 14.0 Å². The summed E-state index contributed by atoms with van der Waals surface area (Å²) in [5.74, 6) is -1.53. The fourth-order valence-corrected chi connectivity index (χ4v) is 7.15. The van der Waals surface area contributed by atoms with E-state index in [-0.39, 0.29) is 5.57 Å². The molecule has 4 nitrogen and oxygen atoms in total. The molecule has 1 N–H and O–H groups in total. The average molecular weight is 329 g/mol. The third-order valence-electron chi connectivity index (χ3n) is 3.93. The second-order valence-corrected chi connectivity index (χ2v) is 10.1. The molecule has 0 radical (unpaired) electrons. The van der Waals surface area contributed by atoms with Gasteiger partial charge in [0.1, 0.15) is 0 Å². The highest BCUT2D eigenvalue weighted by molar-refractivity contribution is 6.75. The van der Waals surface area contributed by atoms with Crippen LogP contribution in [0.2, 0.25) is 18.1 Å². The van der Waals surface area contributed by atoms with E-state index >= 15 is 0 Å². The van der Waals surface area contributed by atoms with Crippen molar-refractivity contribution in [3.05, 3.63) is 11.6 Å². The number of hydrogen-bond donors (Lipinski definition) is 1. The van der Waals surface area contributed by atoms with Gasteiger partial charge in [0, 0.05) is 11.6 Å². The van der Waals surface area contributed by atoms with Crippen molar-refractivity contribution >= 4 is 20.3 Å². The Hall–Kier alpha value is -1.10. The Kier molecular flexibility index (Phi) is 10.9. The molecule has 22 heavy (non-hydrogen) atoms. The minimum absolute atomic E-state index is 0.189. The van der Waals surface area contributed by atoms with Crippen molar-refractivity contribution in [2.45, 2.75) is 84.4 Å². The number of carbonyl (C=O) groups excluding carboxylic acids is 1. The second kappa shape index (κ2) is 11.5. The van der Waals surface area contributed by atoms with E-state index in [2.05, 4.69) is 20.8 Å². The Morgan fingerprint density at radius 2 is 1.36 bits per heavy atom. The Balaban J connectivity index is 5.13. The molecule has 128 valence electrons.